The SMILES string of the molecule is COCCCC1(C)NCC(C)CO1. The molecule has 1 aliphatic heterocycles. The fourth-order valence-electron chi connectivity index (χ4n) is 1.54. The first-order chi connectivity index (χ1) is 6.16. The fourth-order valence-corrected chi connectivity index (χ4v) is 1.54. The van der Waals surface area contributed by atoms with Gasteiger partial charge in [0.25, 0.3) is 0 Å². The van der Waals surface area contributed by atoms with E-state index < -0.39 is 0 Å². The summed E-state index contributed by atoms with van der Waals surface area (Å²) in [6, 6.07) is 0. The molecule has 1 heterocycles. The molecule has 3 nitrogen and oxygen atoms in total. The summed E-state index contributed by atoms with van der Waals surface area (Å²) in [5.41, 5.74) is -0.120. The van der Waals surface area contributed by atoms with Gasteiger partial charge in [-0.05, 0) is 25.7 Å². The van der Waals surface area contributed by atoms with Gasteiger partial charge in [0.05, 0.1) is 6.61 Å². The molecular formula is C10H21NO2. The molecule has 0 aromatic rings. The Hall–Kier alpha value is -0.120. The highest BCUT2D eigenvalue weighted by Gasteiger charge is 2.28. The van der Waals surface area contributed by atoms with Crippen LogP contribution < -0.4 is 5.32 Å². The van der Waals surface area contributed by atoms with Crippen LogP contribution in [0, 0.1) is 5.92 Å². The van der Waals surface area contributed by atoms with Crippen LogP contribution in [0.15, 0.2) is 0 Å². The van der Waals surface area contributed by atoms with Crippen molar-refractivity contribution in [3.8, 4) is 0 Å². The third kappa shape index (κ3) is 3.63. The summed E-state index contributed by atoms with van der Waals surface area (Å²) >= 11 is 0. The van der Waals surface area contributed by atoms with Crippen molar-refractivity contribution in [2.45, 2.75) is 32.4 Å². The average Bonchev–Trinajstić information content (AvgIpc) is 2.12. The molecule has 0 bridgehead atoms. The van der Waals surface area contributed by atoms with Crippen molar-refractivity contribution >= 4 is 0 Å². The third-order valence-electron chi connectivity index (χ3n) is 2.51. The molecule has 0 aromatic carbocycles. The predicted molar refractivity (Wildman–Crippen MR) is 52.6 cm³/mol. The van der Waals surface area contributed by atoms with Crippen LogP contribution >= 0.6 is 0 Å². The van der Waals surface area contributed by atoms with Gasteiger partial charge >= 0.3 is 0 Å². The molecule has 2 unspecified atom stereocenters. The molecular weight excluding hydrogens is 166 g/mol. The monoisotopic (exact) mass is 187 g/mol. The minimum Gasteiger partial charge on any atom is -0.385 e. The van der Waals surface area contributed by atoms with Crippen LogP contribution in [-0.2, 0) is 9.47 Å². The van der Waals surface area contributed by atoms with Gasteiger partial charge in [0, 0.05) is 20.3 Å². The number of ether oxygens (including phenoxy) is 2. The number of methoxy groups -OCH3 is 1. The Morgan fingerprint density at radius 2 is 2.38 bits per heavy atom. The van der Waals surface area contributed by atoms with Crippen LogP contribution in [0.5, 0.6) is 0 Å². The predicted octanol–water partition coefficient (Wildman–Crippen LogP) is 1.39. The smallest absolute Gasteiger partial charge is 0.116 e. The molecule has 1 aliphatic rings. The van der Waals surface area contributed by atoms with Crippen molar-refractivity contribution in [1.29, 1.82) is 0 Å². The Kier molecular flexibility index (Phi) is 4.16. The van der Waals surface area contributed by atoms with E-state index in [1.165, 1.54) is 0 Å². The zero-order chi connectivity index (χ0) is 9.73. The van der Waals surface area contributed by atoms with E-state index in [2.05, 4.69) is 19.2 Å². The quantitative estimate of drug-likeness (QED) is 0.675. The van der Waals surface area contributed by atoms with E-state index in [0.29, 0.717) is 5.92 Å². The van der Waals surface area contributed by atoms with Gasteiger partial charge < -0.3 is 9.47 Å². The second kappa shape index (κ2) is 4.94. The summed E-state index contributed by atoms with van der Waals surface area (Å²) in [6.45, 7) is 7.06. The van der Waals surface area contributed by atoms with Gasteiger partial charge in [0.15, 0.2) is 0 Å². The molecule has 78 valence electrons. The highest BCUT2D eigenvalue weighted by atomic mass is 16.5. The van der Waals surface area contributed by atoms with Crippen molar-refractivity contribution in [3.05, 3.63) is 0 Å². The van der Waals surface area contributed by atoms with Crippen LogP contribution in [0.1, 0.15) is 26.7 Å². The summed E-state index contributed by atoms with van der Waals surface area (Å²) in [5.74, 6) is 0.635. The maximum atomic E-state index is 5.76. The Balaban J connectivity index is 2.22. The van der Waals surface area contributed by atoms with E-state index in [4.69, 9.17) is 9.47 Å². The van der Waals surface area contributed by atoms with Crippen molar-refractivity contribution in [1.82, 2.24) is 5.32 Å². The van der Waals surface area contributed by atoms with E-state index in [0.717, 1.165) is 32.6 Å². The molecule has 1 saturated heterocycles. The van der Waals surface area contributed by atoms with Gasteiger partial charge in [-0.3, -0.25) is 5.32 Å². The maximum absolute atomic E-state index is 5.76. The first-order valence-corrected chi connectivity index (χ1v) is 5.04. The molecule has 1 fully saturated rings. The molecule has 0 saturated carbocycles. The summed E-state index contributed by atoms with van der Waals surface area (Å²) < 4.78 is 10.8. The second-order valence-corrected chi connectivity index (χ2v) is 4.12. The van der Waals surface area contributed by atoms with E-state index in [1.807, 2.05) is 0 Å². The van der Waals surface area contributed by atoms with E-state index in [9.17, 15) is 0 Å². The minimum absolute atomic E-state index is 0.120. The van der Waals surface area contributed by atoms with E-state index in [-0.39, 0.29) is 5.72 Å². The second-order valence-electron chi connectivity index (χ2n) is 4.12. The average molecular weight is 187 g/mol. The van der Waals surface area contributed by atoms with Crippen LogP contribution in [-0.4, -0.2) is 32.6 Å². The number of hydrogen-bond donors (Lipinski definition) is 1. The van der Waals surface area contributed by atoms with Crippen LogP contribution in [0.25, 0.3) is 0 Å². The minimum atomic E-state index is -0.120. The van der Waals surface area contributed by atoms with Crippen molar-refractivity contribution in [3.63, 3.8) is 0 Å². The summed E-state index contributed by atoms with van der Waals surface area (Å²) in [7, 11) is 1.74. The zero-order valence-electron chi connectivity index (χ0n) is 8.93. The zero-order valence-corrected chi connectivity index (χ0v) is 8.93. The summed E-state index contributed by atoms with van der Waals surface area (Å²) in [4.78, 5) is 0. The highest BCUT2D eigenvalue weighted by molar-refractivity contribution is 4.78. The lowest BCUT2D eigenvalue weighted by Gasteiger charge is -2.37. The molecule has 0 aromatic heterocycles. The van der Waals surface area contributed by atoms with Crippen LogP contribution in [0.2, 0.25) is 0 Å². The van der Waals surface area contributed by atoms with E-state index in [1.54, 1.807) is 7.11 Å². The first-order valence-electron chi connectivity index (χ1n) is 5.04. The standard InChI is InChI=1S/C10H21NO2/c1-9-7-11-10(2,13-8-9)5-4-6-12-3/h9,11H,4-8H2,1-3H3. The molecule has 0 radical (unpaired) electrons. The van der Waals surface area contributed by atoms with Gasteiger partial charge in [-0.25, -0.2) is 0 Å². The molecule has 13 heavy (non-hydrogen) atoms. The van der Waals surface area contributed by atoms with Crippen LogP contribution in [0.4, 0.5) is 0 Å². The summed E-state index contributed by atoms with van der Waals surface area (Å²) in [5, 5.41) is 3.43. The van der Waals surface area contributed by atoms with Gasteiger partial charge in [-0.1, -0.05) is 6.92 Å². The van der Waals surface area contributed by atoms with Gasteiger partial charge in [0.2, 0.25) is 0 Å². The number of hydrogen-bond acceptors (Lipinski definition) is 3. The molecule has 0 amide bonds. The van der Waals surface area contributed by atoms with Gasteiger partial charge in [-0.2, -0.15) is 0 Å². The largest absolute Gasteiger partial charge is 0.385 e. The lowest BCUT2D eigenvalue weighted by atomic mass is 10.0. The highest BCUT2D eigenvalue weighted by Crippen LogP contribution is 2.19. The molecule has 2 atom stereocenters. The molecule has 3 heteroatoms. The van der Waals surface area contributed by atoms with Crippen molar-refractivity contribution in [2.24, 2.45) is 5.92 Å². The Labute approximate surface area is 80.8 Å². The molecule has 0 aliphatic carbocycles. The van der Waals surface area contributed by atoms with Gasteiger partial charge in [0.1, 0.15) is 5.72 Å². The Morgan fingerprint density at radius 1 is 1.62 bits per heavy atom. The molecule has 1 rings (SSSR count). The summed E-state index contributed by atoms with van der Waals surface area (Å²) in [6.07, 6.45) is 2.07. The number of nitrogens with one attached hydrogen (secondary N) is 1. The molecule has 0 spiro atoms. The van der Waals surface area contributed by atoms with Crippen LogP contribution in [0.3, 0.4) is 0 Å². The van der Waals surface area contributed by atoms with Crippen molar-refractivity contribution < 1.29 is 9.47 Å². The first kappa shape index (κ1) is 11.0. The van der Waals surface area contributed by atoms with Crippen molar-refractivity contribution in [2.75, 3.05) is 26.9 Å². The third-order valence-corrected chi connectivity index (χ3v) is 2.51. The maximum Gasteiger partial charge on any atom is 0.116 e. The normalized spacial score (nSPS) is 34.8. The lowest BCUT2D eigenvalue weighted by Crippen LogP contribution is -2.52. The Morgan fingerprint density at radius 3 is 2.92 bits per heavy atom. The van der Waals surface area contributed by atoms with Gasteiger partial charge in [-0.15, -0.1) is 0 Å². The van der Waals surface area contributed by atoms with E-state index >= 15 is 0 Å². The number of rotatable bonds is 4. The molecule has 1 N–H and O–H groups in total. The topological polar surface area (TPSA) is 30.5 Å². The fraction of sp³-hybridized carbons (Fsp3) is 1.00. The Bertz CT molecular complexity index is 142. The lowest BCUT2D eigenvalue weighted by molar-refractivity contribution is -0.108.